The van der Waals surface area contributed by atoms with Crippen LogP contribution < -0.4 is 0 Å². The Balaban J connectivity index is 1.09. The number of aliphatic hydroxyl groups excluding tert-OH is 2. The van der Waals surface area contributed by atoms with Gasteiger partial charge in [0.05, 0.1) is 17.4 Å². The van der Waals surface area contributed by atoms with Crippen LogP contribution >= 0.6 is 0 Å². The quantitative estimate of drug-likeness (QED) is 0.582. The van der Waals surface area contributed by atoms with Crippen LogP contribution in [0.2, 0.25) is 0 Å². The molecule has 4 heterocycles. The molecule has 1 aromatic carbocycles. The molecule has 0 saturated carbocycles. The molecule has 5 rings (SSSR count). The number of aliphatic hydroxyl groups is 2. The summed E-state index contributed by atoms with van der Waals surface area (Å²) in [5.41, 5.74) is 3.77. The monoisotopic (exact) mass is 515 g/mol. The summed E-state index contributed by atoms with van der Waals surface area (Å²) in [7, 11) is 0. The minimum atomic E-state index is -2.70. The first-order valence-corrected chi connectivity index (χ1v) is 13.0. The van der Waals surface area contributed by atoms with Crippen molar-refractivity contribution in [1.82, 2.24) is 24.6 Å². The van der Waals surface area contributed by atoms with Gasteiger partial charge in [-0.25, -0.2) is 8.78 Å². The molecule has 2 N–H and O–H groups in total. The van der Waals surface area contributed by atoms with Crippen molar-refractivity contribution in [3.8, 4) is 0 Å². The van der Waals surface area contributed by atoms with E-state index in [0.29, 0.717) is 44.0 Å². The molecule has 2 aromatic rings. The fraction of sp³-hybridized carbons (Fsp3) is 0.556. The molecule has 37 heavy (non-hydrogen) atoms. The average molecular weight is 516 g/mol. The summed E-state index contributed by atoms with van der Waals surface area (Å²) < 4.78 is 26.8. The zero-order valence-corrected chi connectivity index (χ0v) is 21.0. The third-order valence-corrected chi connectivity index (χ3v) is 7.67. The van der Waals surface area contributed by atoms with Gasteiger partial charge in [0, 0.05) is 77.9 Å². The molecule has 1 unspecified atom stereocenters. The number of fused-ring (bicyclic) bond motifs is 1. The standard InChI is InChI=1S/C27H35F2N5O3/c28-27(29)8-11-32(12-9-27)25(36)21-5-6-23(30-15-21)17-33-13-14-34(26(33)37)19-24(35)18-31-10-7-20-3-1-2-4-22(20)16-31/h1-6,15,24,26,35,37H,7-14,16-19H2/t24-,26?/m1/s1. The van der Waals surface area contributed by atoms with E-state index in [1.807, 2.05) is 15.9 Å². The highest BCUT2D eigenvalue weighted by atomic mass is 19.3. The van der Waals surface area contributed by atoms with Gasteiger partial charge in [-0.1, -0.05) is 24.3 Å². The lowest BCUT2D eigenvalue weighted by Gasteiger charge is -2.32. The van der Waals surface area contributed by atoms with Gasteiger partial charge in [-0.15, -0.1) is 0 Å². The van der Waals surface area contributed by atoms with Gasteiger partial charge in [0.2, 0.25) is 0 Å². The van der Waals surface area contributed by atoms with Gasteiger partial charge in [-0.2, -0.15) is 0 Å². The topological polar surface area (TPSA) is 83.4 Å². The van der Waals surface area contributed by atoms with Crippen LogP contribution in [0.4, 0.5) is 8.78 Å². The summed E-state index contributed by atoms with van der Waals surface area (Å²) in [6.07, 6.45) is 0.440. The smallest absolute Gasteiger partial charge is 0.255 e. The van der Waals surface area contributed by atoms with Crippen LogP contribution in [0.15, 0.2) is 42.6 Å². The molecule has 3 aliphatic heterocycles. The molecule has 200 valence electrons. The lowest BCUT2D eigenvalue weighted by Crippen LogP contribution is -2.45. The summed E-state index contributed by atoms with van der Waals surface area (Å²) in [6.45, 7) is 4.44. The molecular formula is C27H35F2N5O3. The molecule has 1 amide bonds. The number of nitrogens with zero attached hydrogens (tertiary/aromatic N) is 5. The number of pyridine rings is 1. The summed E-state index contributed by atoms with van der Waals surface area (Å²) in [5, 5.41) is 21.5. The van der Waals surface area contributed by atoms with Gasteiger partial charge in [0.1, 0.15) is 0 Å². The van der Waals surface area contributed by atoms with Crippen molar-refractivity contribution in [3.63, 3.8) is 0 Å². The molecule has 1 aromatic heterocycles. The number of carbonyl (C=O) groups excluding carboxylic acids is 1. The molecule has 2 atom stereocenters. The average Bonchev–Trinajstić information content (AvgIpc) is 3.22. The van der Waals surface area contributed by atoms with Gasteiger partial charge >= 0.3 is 0 Å². The lowest BCUT2D eigenvalue weighted by molar-refractivity contribution is -0.0765. The van der Waals surface area contributed by atoms with Crippen molar-refractivity contribution in [2.75, 3.05) is 45.8 Å². The maximum atomic E-state index is 13.4. The van der Waals surface area contributed by atoms with Crippen molar-refractivity contribution >= 4 is 5.91 Å². The molecule has 0 spiro atoms. The van der Waals surface area contributed by atoms with E-state index in [1.54, 1.807) is 12.1 Å². The molecule has 2 saturated heterocycles. The number of halogens is 2. The van der Waals surface area contributed by atoms with E-state index in [-0.39, 0.29) is 31.8 Å². The number of alkyl halides is 2. The highest BCUT2D eigenvalue weighted by Crippen LogP contribution is 2.28. The van der Waals surface area contributed by atoms with Gasteiger partial charge in [0.15, 0.2) is 6.35 Å². The summed E-state index contributed by atoms with van der Waals surface area (Å²) in [4.78, 5) is 24.5. The van der Waals surface area contributed by atoms with Gasteiger partial charge in [-0.3, -0.25) is 24.5 Å². The summed E-state index contributed by atoms with van der Waals surface area (Å²) >= 11 is 0. The molecule has 0 radical (unpaired) electrons. The lowest BCUT2D eigenvalue weighted by atomic mass is 10.00. The van der Waals surface area contributed by atoms with Crippen LogP contribution in [0.1, 0.15) is 40.0 Å². The van der Waals surface area contributed by atoms with E-state index in [2.05, 4.69) is 28.1 Å². The van der Waals surface area contributed by atoms with E-state index >= 15 is 0 Å². The van der Waals surface area contributed by atoms with Crippen molar-refractivity contribution < 1.29 is 23.8 Å². The highest BCUT2D eigenvalue weighted by molar-refractivity contribution is 5.94. The summed E-state index contributed by atoms with van der Waals surface area (Å²) in [6, 6.07) is 11.8. The van der Waals surface area contributed by atoms with Crippen LogP contribution in [-0.2, 0) is 19.5 Å². The first kappa shape index (κ1) is 26.1. The maximum absolute atomic E-state index is 13.4. The Morgan fingerprint density at radius 3 is 2.46 bits per heavy atom. The SMILES string of the molecule is O=C(c1ccc(CN2CCN(C[C@H](O)CN3CCc4ccccc4C3)C2O)nc1)N1CCC(F)(F)CC1. The second kappa shape index (κ2) is 11.1. The fourth-order valence-corrected chi connectivity index (χ4v) is 5.47. The molecule has 10 heteroatoms. The number of aromatic nitrogens is 1. The molecule has 2 fully saturated rings. The predicted octanol–water partition coefficient (Wildman–Crippen LogP) is 1.77. The van der Waals surface area contributed by atoms with Crippen LogP contribution in [-0.4, -0.2) is 105 Å². The fourth-order valence-electron chi connectivity index (χ4n) is 5.47. The van der Waals surface area contributed by atoms with Gasteiger partial charge in [0.25, 0.3) is 11.8 Å². The number of amides is 1. The molecular weight excluding hydrogens is 480 g/mol. The Hall–Kier alpha value is -2.50. The number of β-amino-alcohol motifs (C(OH)–C–C–N with tert-alkyl or cyclic N) is 1. The normalized spacial score (nSPS) is 23.7. The zero-order valence-electron chi connectivity index (χ0n) is 21.0. The van der Waals surface area contributed by atoms with E-state index in [4.69, 9.17) is 0 Å². The van der Waals surface area contributed by atoms with E-state index in [9.17, 15) is 23.8 Å². The second-order valence-corrected chi connectivity index (χ2v) is 10.4. The summed E-state index contributed by atoms with van der Waals surface area (Å²) in [5.74, 6) is -2.98. The first-order valence-electron chi connectivity index (χ1n) is 13.0. The Labute approximate surface area is 216 Å². The third-order valence-electron chi connectivity index (χ3n) is 7.67. The van der Waals surface area contributed by atoms with Crippen LogP contribution in [0.3, 0.4) is 0 Å². The molecule has 0 aliphatic carbocycles. The van der Waals surface area contributed by atoms with Crippen molar-refractivity contribution in [2.24, 2.45) is 0 Å². The maximum Gasteiger partial charge on any atom is 0.255 e. The Morgan fingerprint density at radius 2 is 1.73 bits per heavy atom. The van der Waals surface area contributed by atoms with E-state index < -0.39 is 18.4 Å². The Bertz CT molecular complexity index is 1080. The zero-order chi connectivity index (χ0) is 26.0. The van der Waals surface area contributed by atoms with Crippen molar-refractivity contribution in [2.45, 2.75) is 50.7 Å². The van der Waals surface area contributed by atoms with Crippen LogP contribution in [0.25, 0.3) is 0 Å². The number of likely N-dealkylation sites (tertiary alicyclic amines) is 1. The molecule has 0 bridgehead atoms. The number of carbonyl (C=O) groups is 1. The minimum absolute atomic E-state index is 0.0420. The molecule has 8 nitrogen and oxygen atoms in total. The van der Waals surface area contributed by atoms with Crippen molar-refractivity contribution in [3.05, 3.63) is 65.0 Å². The number of hydrogen-bond donors (Lipinski definition) is 2. The van der Waals surface area contributed by atoms with Gasteiger partial charge < -0.3 is 15.1 Å². The second-order valence-electron chi connectivity index (χ2n) is 10.4. The number of benzene rings is 1. The number of hydrogen-bond acceptors (Lipinski definition) is 7. The van der Waals surface area contributed by atoms with Gasteiger partial charge in [-0.05, 0) is 29.7 Å². The number of rotatable bonds is 7. The Morgan fingerprint density at radius 1 is 1.00 bits per heavy atom. The highest BCUT2D eigenvalue weighted by Gasteiger charge is 2.36. The van der Waals surface area contributed by atoms with E-state index in [1.165, 1.54) is 22.2 Å². The molecule has 3 aliphatic rings. The van der Waals surface area contributed by atoms with E-state index in [0.717, 1.165) is 19.5 Å². The minimum Gasteiger partial charge on any atom is -0.390 e. The number of piperidine rings is 1. The first-order chi connectivity index (χ1) is 17.8. The predicted molar refractivity (Wildman–Crippen MR) is 134 cm³/mol. The van der Waals surface area contributed by atoms with Crippen LogP contribution in [0.5, 0.6) is 0 Å². The van der Waals surface area contributed by atoms with Crippen molar-refractivity contribution in [1.29, 1.82) is 0 Å². The third kappa shape index (κ3) is 6.32. The van der Waals surface area contributed by atoms with Crippen LogP contribution in [0, 0.1) is 0 Å². The Kier molecular flexibility index (Phi) is 7.83. The largest absolute Gasteiger partial charge is 0.390 e.